The Hall–Kier alpha value is -3.03. The van der Waals surface area contributed by atoms with Crippen LogP contribution in [0.25, 0.3) is 10.9 Å². The molecule has 0 saturated heterocycles. The Morgan fingerprint density at radius 1 is 1.32 bits per heavy atom. The van der Waals surface area contributed by atoms with Crippen molar-refractivity contribution in [3.63, 3.8) is 0 Å². The lowest BCUT2D eigenvalue weighted by Gasteiger charge is -2.05. The Balaban J connectivity index is 1.63. The maximum absolute atomic E-state index is 12.0. The zero-order valence-corrected chi connectivity index (χ0v) is 11.7. The zero-order valence-electron chi connectivity index (χ0n) is 11.7. The number of aryl methyl sites for hydroxylation is 1. The second-order valence-electron chi connectivity index (χ2n) is 4.71. The van der Waals surface area contributed by atoms with Crippen molar-refractivity contribution < 1.29 is 4.79 Å². The molecule has 0 saturated carbocycles. The van der Waals surface area contributed by atoms with E-state index in [-0.39, 0.29) is 11.4 Å². The molecule has 22 heavy (non-hydrogen) atoms. The molecule has 3 rings (SSSR count). The number of hydrogen-bond donors (Lipinski definition) is 2. The second kappa shape index (κ2) is 6.17. The highest BCUT2D eigenvalue weighted by atomic mass is 16.2. The fourth-order valence-corrected chi connectivity index (χ4v) is 2.07. The predicted octanol–water partition coefficient (Wildman–Crippen LogP) is 0.335. The van der Waals surface area contributed by atoms with Crippen molar-refractivity contribution in [2.45, 2.75) is 13.0 Å². The molecular formula is C14H14N6O2. The molecule has 0 aliphatic heterocycles. The van der Waals surface area contributed by atoms with Gasteiger partial charge in [-0.3, -0.25) is 14.3 Å². The molecule has 8 nitrogen and oxygen atoms in total. The first-order chi connectivity index (χ1) is 10.7. The average molecular weight is 298 g/mol. The minimum absolute atomic E-state index is 0.0180. The summed E-state index contributed by atoms with van der Waals surface area (Å²) in [7, 11) is 0. The van der Waals surface area contributed by atoms with Gasteiger partial charge < -0.3 is 10.3 Å². The van der Waals surface area contributed by atoms with Crippen LogP contribution >= 0.6 is 0 Å². The van der Waals surface area contributed by atoms with E-state index in [1.54, 1.807) is 41.3 Å². The molecule has 0 spiro atoms. The zero-order chi connectivity index (χ0) is 15.4. The number of nitrogens with zero attached hydrogens (tertiary/aromatic N) is 4. The fraction of sp³-hybridized carbons (Fsp3) is 0.214. The van der Waals surface area contributed by atoms with Crippen molar-refractivity contribution in [2.24, 2.45) is 0 Å². The maximum atomic E-state index is 12.0. The van der Waals surface area contributed by atoms with Gasteiger partial charge in [-0.15, -0.1) is 5.10 Å². The quantitative estimate of drug-likeness (QED) is 0.660. The van der Waals surface area contributed by atoms with E-state index >= 15 is 0 Å². The van der Waals surface area contributed by atoms with Gasteiger partial charge in [-0.05, 0) is 18.6 Å². The van der Waals surface area contributed by atoms with Gasteiger partial charge in [-0.2, -0.15) is 0 Å². The second-order valence-corrected chi connectivity index (χ2v) is 4.71. The number of hydrogen-bond acceptors (Lipinski definition) is 5. The minimum atomic E-state index is -0.401. The first-order valence-corrected chi connectivity index (χ1v) is 6.85. The van der Waals surface area contributed by atoms with Crippen LogP contribution in [0, 0.1) is 0 Å². The van der Waals surface area contributed by atoms with E-state index in [1.165, 1.54) is 0 Å². The Bertz CT molecular complexity index is 840. The molecule has 1 aromatic carbocycles. The monoisotopic (exact) mass is 298 g/mol. The molecule has 0 aliphatic rings. The van der Waals surface area contributed by atoms with Gasteiger partial charge in [0, 0.05) is 19.3 Å². The van der Waals surface area contributed by atoms with E-state index in [1.807, 2.05) is 0 Å². The number of para-hydroxylation sites is 1. The molecule has 0 bridgehead atoms. The average Bonchev–Trinajstić information content (AvgIpc) is 3.04. The molecule has 2 heterocycles. The number of fused-ring (bicyclic) bond motifs is 1. The molecule has 0 fully saturated rings. The summed E-state index contributed by atoms with van der Waals surface area (Å²) < 4.78 is 1.68. The van der Waals surface area contributed by atoms with Crippen molar-refractivity contribution >= 4 is 16.8 Å². The number of rotatable bonds is 5. The van der Waals surface area contributed by atoms with Crippen LogP contribution in [0.15, 0.2) is 41.5 Å². The van der Waals surface area contributed by atoms with E-state index < -0.39 is 5.91 Å². The number of nitrogens with one attached hydrogen (secondary N) is 2. The third-order valence-electron chi connectivity index (χ3n) is 3.15. The van der Waals surface area contributed by atoms with Gasteiger partial charge in [0.05, 0.1) is 17.1 Å². The summed E-state index contributed by atoms with van der Waals surface area (Å²) in [6.45, 7) is 1.11. The van der Waals surface area contributed by atoms with Crippen LogP contribution in [0.1, 0.15) is 17.0 Å². The van der Waals surface area contributed by atoms with Crippen molar-refractivity contribution in [2.75, 3.05) is 6.54 Å². The summed E-state index contributed by atoms with van der Waals surface area (Å²) in [6, 6.07) is 6.89. The van der Waals surface area contributed by atoms with E-state index in [0.717, 1.165) is 0 Å². The molecular weight excluding hydrogens is 284 g/mol. The fourth-order valence-electron chi connectivity index (χ4n) is 2.07. The number of carbonyl (C=O) groups is 1. The van der Waals surface area contributed by atoms with Crippen LogP contribution in [-0.4, -0.2) is 37.4 Å². The summed E-state index contributed by atoms with van der Waals surface area (Å²) in [5, 5.41) is 10.7. The number of aromatic nitrogens is 5. The lowest BCUT2D eigenvalue weighted by molar-refractivity contribution is 0.0942. The topological polar surface area (TPSA) is 106 Å². The Morgan fingerprint density at radius 2 is 2.18 bits per heavy atom. The molecule has 1 amide bonds. The van der Waals surface area contributed by atoms with E-state index in [9.17, 15) is 9.59 Å². The SMILES string of the molecule is O=C(NCCCn1ccnn1)c1nc2ccccc2c(=O)[nH]1. The Morgan fingerprint density at radius 3 is 3.00 bits per heavy atom. The van der Waals surface area contributed by atoms with Gasteiger partial charge in [-0.25, -0.2) is 4.98 Å². The van der Waals surface area contributed by atoms with Gasteiger partial charge in [-0.1, -0.05) is 17.3 Å². The highest BCUT2D eigenvalue weighted by Gasteiger charge is 2.10. The normalized spacial score (nSPS) is 10.7. The first-order valence-electron chi connectivity index (χ1n) is 6.85. The molecule has 0 atom stereocenters. The van der Waals surface area contributed by atoms with Gasteiger partial charge >= 0.3 is 0 Å². The van der Waals surface area contributed by atoms with Crippen LogP contribution in [0.2, 0.25) is 0 Å². The number of H-pyrrole nitrogens is 1. The van der Waals surface area contributed by atoms with Crippen molar-refractivity contribution in [1.82, 2.24) is 30.3 Å². The number of benzene rings is 1. The standard InChI is InChI=1S/C14H14N6O2/c21-13-10-4-1-2-5-11(10)17-12(18-13)14(22)15-6-3-8-20-9-7-16-19-20/h1-2,4-5,7,9H,3,6,8H2,(H,15,22)(H,17,18,21). The van der Waals surface area contributed by atoms with Crippen LogP contribution in [0.3, 0.4) is 0 Å². The van der Waals surface area contributed by atoms with Gasteiger partial charge in [0.1, 0.15) is 0 Å². The summed E-state index contributed by atoms with van der Waals surface area (Å²) in [6.07, 6.45) is 4.05. The van der Waals surface area contributed by atoms with Gasteiger partial charge in [0.25, 0.3) is 11.5 Å². The number of carbonyl (C=O) groups excluding carboxylic acids is 1. The highest BCUT2D eigenvalue weighted by Crippen LogP contribution is 2.05. The van der Waals surface area contributed by atoms with Crippen molar-refractivity contribution in [3.05, 3.63) is 52.8 Å². The number of aromatic amines is 1. The van der Waals surface area contributed by atoms with E-state index in [2.05, 4.69) is 25.6 Å². The predicted molar refractivity (Wildman–Crippen MR) is 79.3 cm³/mol. The Labute approximate surface area is 125 Å². The largest absolute Gasteiger partial charge is 0.349 e. The minimum Gasteiger partial charge on any atom is -0.349 e. The summed E-state index contributed by atoms with van der Waals surface area (Å²) in [4.78, 5) is 30.6. The van der Waals surface area contributed by atoms with E-state index in [0.29, 0.717) is 30.4 Å². The lowest BCUT2D eigenvalue weighted by atomic mass is 10.2. The Kier molecular flexibility index (Phi) is 3.90. The molecule has 3 aromatic rings. The van der Waals surface area contributed by atoms with Crippen molar-refractivity contribution in [1.29, 1.82) is 0 Å². The summed E-state index contributed by atoms with van der Waals surface area (Å²) in [5.74, 6) is -0.383. The van der Waals surface area contributed by atoms with Gasteiger partial charge in [0.15, 0.2) is 5.82 Å². The number of amides is 1. The maximum Gasteiger partial charge on any atom is 0.287 e. The smallest absolute Gasteiger partial charge is 0.287 e. The third-order valence-corrected chi connectivity index (χ3v) is 3.15. The molecule has 2 N–H and O–H groups in total. The van der Waals surface area contributed by atoms with Crippen LogP contribution < -0.4 is 10.9 Å². The first kappa shape index (κ1) is 13.9. The van der Waals surface area contributed by atoms with Crippen molar-refractivity contribution in [3.8, 4) is 0 Å². The molecule has 0 aliphatic carbocycles. The lowest BCUT2D eigenvalue weighted by Crippen LogP contribution is -2.29. The van der Waals surface area contributed by atoms with Gasteiger partial charge in [0.2, 0.25) is 0 Å². The van der Waals surface area contributed by atoms with E-state index in [4.69, 9.17) is 0 Å². The summed E-state index contributed by atoms with van der Waals surface area (Å²) in [5.41, 5.74) is 0.178. The molecule has 112 valence electrons. The molecule has 0 radical (unpaired) electrons. The highest BCUT2D eigenvalue weighted by molar-refractivity contribution is 5.92. The molecule has 8 heteroatoms. The van der Waals surface area contributed by atoms with Crippen LogP contribution in [-0.2, 0) is 6.54 Å². The van der Waals surface area contributed by atoms with Crippen LogP contribution in [0.5, 0.6) is 0 Å². The molecule has 2 aromatic heterocycles. The third kappa shape index (κ3) is 3.00. The molecule has 0 unspecified atom stereocenters. The summed E-state index contributed by atoms with van der Waals surface area (Å²) >= 11 is 0. The van der Waals surface area contributed by atoms with Crippen LogP contribution in [0.4, 0.5) is 0 Å².